The van der Waals surface area contributed by atoms with Crippen molar-refractivity contribution in [2.45, 2.75) is 27.2 Å². The zero-order valence-corrected chi connectivity index (χ0v) is 9.64. The second-order valence-electron chi connectivity index (χ2n) is 3.52. The Morgan fingerprint density at radius 3 is 2.27 bits per heavy atom. The lowest BCUT2D eigenvalue weighted by Crippen LogP contribution is -1.90. The van der Waals surface area contributed by atoms with E-state index in [2.05, 4.69) is 24.9 Å². The van der Waals surface area contributed by atoms with E-state index in [-0.39, 0.29) is 0 Å². The van der Waals surface area contributed by atoms with Gasteiger partial charge in [0.15, 0.2) is 0 Å². The minimum Gasteiger partial charge on any atom is -0.322 e. The van der Waals surface area contributed by atoms with Crippen LogP contribution in [0.15, 0.2) is 43.0 Å². The van der Waals surface area contributed by atoms with Crippen LogP contribution in [-0.4, -0.2) is 9.55 Å². The molecule has 2 nitrogen and oxygen atoms in total. The smallest absolute Gasteiger partial charge is 0.0636 e. The summed E-state index contributed by atoms with van der Waals surface area (Å²) in [6.07, 6.45) is 8.98. The Morgan fingerprint density at radius 2 is 1.73 bits per heavy atom. The van der Waals surface area contributed by atoms with Gasteiger partial charge in [-0.2, -0.15) is 0 Å². The van der Waals surface area contributed by atoms with E-state index in [0.29, 0.717) is 0 Å². The first-order chi connectivity index (χ1) is 7.27. The molecule has 0 amide bonds. The van der Waals surface area contributed by atoms with Crippen molar-refractivity contribution in [3.63, 3.8) is 0 Å². The number of nitrogens with zero attached hydrogens (tertiary/aromatic N) is 2. The molecule has 0 spiro atoms. The molecule has 0 aliphatic heterocycles. The molecule has 0 radical (unpaired) electrons. The van der Waals surface area contributed by atoms with Gasteiger partial charge in [-0.1, -0.05) is 20.3 Å². The molecule has 2 rings (SSSR count). The lowest BCUT2D eigenvalue weighted by atomic mass is 10.3. The molecule has 0 unspecified atom stereocenters. The maximum absolute atomic E-state index is 4.12. The maximum Gasteiger partial charge on any atom is 0.0636 e. The van der Waals surface area contributed by atoms with Crippen LogP contribution in [0.4, 0.5) is 0 Å². The Bertz CT molecular complexity index is 377. The summed E-state index contributed by atoms with van der Waals surface area (Å²) in [6, 6.07) is 6.11. The fourth-order valence-electron chi connectivity index (χ4n) is 1.19. The highest BCUT2D eigenvalue weighted by molar-refractivity contribution is 5.31. The van der Waals surface area contributed by atoms with Gasteiger partial charge in [-0.3, -0.25) is 4.98 Å². The average molecular weight is 202 g/mol. The summed E-state index contributed by atoms with van der Waals surface area (Å²) in [7, 11) is 0. The quantitative estimate of drug-likeness (QED) is 0.691. The van der Waals surface area contributed by atoms with Crippen LogP contribution in [-0.2, 0) is 0 Å². The van der Waals surface area contributed by atoms with Crippen molar-refractivity contribution in [1.82, 2.24) is 9.55 Å². The lowest BCUT2D eigenvalue weighted by molar-refractivity contribution is 1.05. The molecule has 0 aliphatic rings. The zero-order chi connectivity index (χ0) is 11.1. The van der Waals surface area contributed by atoms with Crippen LogP contribution in [0.5, 0.6) is 0 Å². The van der Waals surface area contributed by atoms with E-state index in [9.17, 15) is 0 Å². The topological polar surface area (TPSA) is 17.8 Å². The van der Waals surface area contributed by atoms with E-state index in [0.717, 1.165) is 5.69 Å². The van der Waals surface area contributed by atoms with Gasteiger partial charge < -0.3 is 4.57 Å². The third kappa shape index (κ3) is 3.58. The second kappa shape index (κ2) is 6.02. The third-order valence-corrected chi connectivity index (χ3v) is 1.76. The highest BCUT2D eigenvalue weighted by Crippen LogP contribution is 2.07. The van der Waals surface area contributed by atoms with Crippen LogP contribution in [0.3, 0.4) is 0 Å². The SMILES string of the molecule is CCC.Cc1cncc(-n2cccc2)c1. The zero-order valence-electron chi connectivity index (χ0n) is 9.64. The fraction of sp³-hybridized carbons (Fsp3) is 0.308. The molecule has 2 aromatic heterocycles. The molecule has 2 heteroatoms. The van der Waals surface area contributed by atoms with Gasteiger partial charge in [0, 0.05) is 18.6 Å². The van der Waals surface area contributed by atoms with Gasteiger partial charge in [-0.05, 0) is 30.7 Å². The second-order valence-corrected chi connectivity index (χ2v) is 3.52. The summed E-state index contributed by atoms with van der Waals surface area (Å²) in [4.78, 5) is 4.12. The number of rotatable bonds is 1. The molecule has 15 heavy (non-hydrogen) atoms. The first-order valence-corrected chi connectivity index (χ1v) is 5.33. The molecule has 0 N–H and O–H groups in total. The van der Waals surface area contributed by atoms with E-state index >= 15 is 0 Å². The predicted octanol–water partition coefficient (Wildman–Crippen LogP) is 3.60. The molecule has 0 atom stereocenters. The summed E-state index contributed by atoms with van der Waals surface area (Å²) in [5.41, 5.74) is 2.29. The van der Waals surface area contributed by atoms with Crippen LogP contribution in [0.2, 0.25) is 0 Å². The van der Waals surface area contributed by atoms with Crippen LogP contribution in [0.1, 0.15) is 25.8 Å². The molecule has 2 heterocycles. The van der Waals surface area contributed by atoms with Crippen molar-refractivity contribution in [3.8, 4) is 5.69 Å². The van der Waals surface area contributed by atoms with Crippen molar-refractivity contribution >= 4 is 0 Å². The van der Waals surface area contributed by atoms with Crippen LogP contribution in [0, 0.1) is 6.92 Å². The van der Waals surface area contributed by atoms with Gasteiger partial charge in [0.05, 0.1) is 11.9 Å². The van der Waals surface area contributed by atoms with Gasteiger partial charge in [0.25, 0.3) is 0 Å². The fourth-order valence-corrected chi connectivity index (χ4v) is 1.19. The normalized spacial score (nSPS) is 9.27. The number of hydrogen-bond acceptors (Lipinski definition) is 1. The Kier molecular flexibility index (Phi) is 4.61. The Labute approximate surface area is 91.6 Å². The highest BCUT2D eigenvalue weighted by atomic mass is 14.9. The predicted molar refractivity (Wildman–Crippen MR) is 64.3 cm³/mol. The molecule has 2 aromatic rings. The van der Waals surface area contributed by atoms with E-state index < -0.39 is 0 Å². The van der Waals surface area contributed by atoms with Crippen molar-refractivity contribution < 1.29 is 0 Å². The lowest BCUT2D eigenvalue weighted by Gasteiger charge is -2.01. The summed E-state index contributed by atoms with van der Waals surface area (Å²) >= 11 is 0. The number of pyridine rings is 1. The Hall–Kier alpha value is -1.57. The molecule has 0 saturated heterocycles. The first kappa shape index (κ1) is 11.5. The highest BCUT2D eigenvalue weighted by Gasteiger charge is 1.93. The number of hydrogen-bond donors (Lipinski definition) is 0. The maximum atomic E-state index is 4.12. The summed E-state index contributed by atoms with van der Waals surface area (Å²) in [5, 5.41) is 0. The number of aromatic nitrogens is 2. The molecule has 0 saturated carbocycles. The van der Waals surface area contributed by atoms with Gasteiger partial charge in [-0.25, -0.2) is 0 Å². The van der Waals surface area contributed by atoms with Crippen LogP contribution in [0.25, 0.3) is 5.69 Å². The first-order valence-electron chi connectivity index (χ1n) is 5.33. The van der Waals surface area contributed by atoms with Gasteiger partial charge >= 0.3 is 0 Å². The van der Waals surface area contributed by atoms with Crippen molar-refractivity contribution in [2.75, 3.05) is 0 Å². The molecule has 80 valence electrons. The van der Waals surface area contributed by atoms with E-state index in [1.165, 1.54) is 12.0 Å². The molecule has 0 aromatic carbocycles. The molecular weight excluding hydrogens is 184 g/mol. The van der Waals surface area contributed by atoms with Crippen molar-refractivity contribution in [3.05, 3.63) is 48.5 Å². The molecule has 0 aliphatic carbocycles. The summed E-state index contributed by atoms with van der Waals surface area (Å²) < 4.78 is 2.04. The monoisotopic (exact) mass is 202 g/mol. The van der Waals surface area contributed by atoms with Crippen LogP contribution < -0.4 is 0 Å². The minimum atomic E-state index is 1.11. The third-order valence-electron chi connectivity index (χ3n) is 1.76. The summed E-state index contributed by atoms with van der Waals surface area (Å²) in [6.45, 7) is 6.29. The minimum absolute atomic E-state index is 1.11. The van der Waals surface area contributed by atoms with E-state index in [1.807, 2.05) is 48.4 Å². The molecule has 0 bridgehead atoms. The van der Waals surface area contributed by atoms with Gasteiger partial charge in [0.2, 0.25) is 0 Å². The number of aryl methyl sites for hydroxylation is 1. The average Bonchev–Trinajstić information content (AvgIpc) is 2.71. The Morgan fingerprint density at radius 1 is 1.13 bits per heavy atom. The summed E-state index contributed by atoms with van der Waals surface area (Å²) in [5.74, 6) is 0. The van der Waals surface area contributed by atoms with Gasteiger partial charge in [-0.15, -0.1) is 0 Å². The van der Waals surface area contributed by atoms with Crippen LogP contribution >= 0.6 is 0 Å². The largest absolute Gasteiger partial charge is 0.322 e. The molecular formula is C13H18N2. The Balaban J connectivity index is 0.000000337. The standard InChI is InChI=1S/C10H10N2.C3H8/c1-9-6-10(8-11-7-9)12-4-2-3-5-12;1-3-2/h2-8H,1H3;3H2,1-2H3. The van der Waals surface area contributed by atoms with E-state index in [4.69, 9.17) is 0 Å². The van der Waals surface area contributed by atoms with Gasteiger partial charge in [0.1, 0.15) is 0 Å². The van der Waals surface area contributed by atoms with E-state index in [1.54, 1.807) is 0 Å². The van der Waals surface area contributed by atoms with Crippen molar-refractivity contribution in [2.24, 2.45) is 0 Å². The van der Waals surface area contributed by atoms with Crippen molar-refractivity contribution in [1.29, 1.82) is 0 Å². The molecule has 0 fully saturated rings.